The molecule has 4 nitrogen and oxygen atoms in total. The quantitative estimate of drug-likeness (QED) is 0.813. The summed E-state index contributed by atoms with van der Waals surface area (Å²) in [6, 6.07) is 1.57. The lowest BCUT2D eigenvalue weighted by atomic mass is 10.0. The second kappa shape index (κ2) is 7.62. The van der Waals surface area contributed by atoms with Crippen molar-refractivity contribution in [3.63, 3.8) is 0 Å². The number of thioether (sulfide) groups is 1. The zero-order chi connectivity index (χ0) is 16.9. The predicted molar refractivity (Wildman–Crippen MR) is 77.4 cm³/mol. The number of ketones is 1. The van der Waals surface area contributed by atoms with E-state index < -0.39 is 17.8 Å². The van der Waals surface area contributed by atoms with Crippen LogP contribution in [0.4, 0.5) is 13.2 Å². The van der Waals surface area contributed by atoms with Gasteiger partial charge in [0.05, 0.1) is 22.4 Å². The number of rotatable bonds is 6. The Kier molecular flexibility index (Phi) is 6.40. The average molecular weight is 334 g/mol. The molecule has 0 saturated carbocycles. The molecular weight excluding hydrogens is 317 g/mol. The lowest BCUT2D eigenvalue weighted by Gasteiger charge is -2.19. The van der Waals surface area contributed by atoms with Gasteiger partial charge in [0.2, 0.25) is 5.91 Å². The van der Waals surface area contributed by atoms with Crippen LogP contribution in [0.2, 0.25) is 0 Å². The number of carbonyl (C=O) groups excluding carboxylic acids is 2. The Labute approximate surface area is 130 Å². The van der Waals surface area contributed by atoms with Gasteiger partial charge < -0.3 is 5.32 Å². The number of halogens is 3. The van der Waals surface area contributed by atoms with Crippen molar-refractivity contribution in [1.29, 1.82) is 0 Å². The minimum atomic E-state index is -4.43. The average Bonchev–Trinajstić information content (AvgIpc) is 2.41. The minimum Gasteiger partial charge on any atom is -0.345 e. The number of carbonyl (C=O) groups is 2. The molecule has 0 aliphatic rings. The van der Waals surface area contributed by atoms with Gasteiger partial charge in [-0.2, -0.15) is 13.2 Å². The van der Waals surface area contributed by atoms with Gasteiger partial charge in [0.15, 0.2) is 5.78 Å². The third kappa shape index (κ3) is 5.67. The van der Waals surface area contributed by atoms with Crippen LogP contribution in [0.1, 0.15) is 26.3 Å². The first kappa shape index (κ1) is 18.5. The third-order valence-corrected chi connectivity index (χ3v) is 3.78. The first-order valence-corrected chi connectivity index (χ1v) is 7.55. The van der Waals surface area contributed by atoms with Crippen LogP contribution in [0.25, 0.3) is 0 Å². The van der Waals surface area contributed by atoms with Crippen molar-refractivity contribution in [3.8, 4) is 0 Å². The van der Waals surface area contributed by atoms with E-state index in [9.17, 15) is 22.8 Å². The molecule has 1 aromatic heterocycles. The first-order chi connectivity index (χ1) is 10.1. The summed E-state index contributed by atoms with van der Waals surface area (Å²) >= 11 is 1.01. The second-order valence-corrected chi connectivity index (χ2v) is 6.07. The monoisotopic (exact) mass is 334 g/mol. The van der Waals surface area contributed by atoms with Crippen LogP contribution in [-0.2, 0) is 15.8 Å². The highest BCUT2D eigenvalue weighted by atomic mass is 32.2. The molecule has 0 aliphatic carbocycles. The van der Waals surface area contributed by atoms with Crippen LogP contribution in [0.15, 0.2) is 23.4 Å². The normalized spacial score (nSPS) is 13.0. The molecule has 0 saturated heterocycles. The summed E-state index contributed by atoms with van der Waals surface area (Å²) in [6.07, 6.45) is -3.70. The molecule has 0 fully saturated rings. The lowest BCUT2D eigenvalue weighted by Crippen LogP contribution is -2.44. The highest BCUT2D eigenvalue weighted by Crippen LogP contribution is 2.29. The Hall–Kier alpha value is -1.57. The fraction of sp³-hybridized carbons (Fsp3) is 0.500. The van der Waals surface area contributed by atoms with Crippen LogP contribution in [0, 0.1) is 5.92 Å². The van der Waals surface area contributed by atoms with Gasteiger partial charge in [-0.15, -0.1) is 0 Å². The van der Waals surface area contributed by atoms with E-state index in [2.05, 4.69) is 10.3 Å². The van der Waals surface area contributed by atoms with E-state index in [4.69, 9.17) is 0 Å². The van der Waals surface area contributed by atoms with Crippen molar-refractivity contribution >= 4 is 23.5 Å². The summed E-state index contributed by atoms with van der Waals surface area (Å²) in [4.78, 5) is 26.8. The Balaban J connectivity index is 2.55. The number of pyridine rings is 1. The molecule has 1 N–H and O–H groups in total. The molecule has 0 radical (unpaired) electrons. The molecule has 8 heteroatoms. The molecule has 0 aliphatic heterocycles. The molecule has 1 rings (SSSR count). The zero-order valence-corrected chi connectivity index (χ0v) is 13.2. The lowest BCUT2D eigenvalue weighted by molar-refractivity contribution is -0.137. The molecule has 0 spiro atoms. The number of Topliss-reactive ketones (excluding diaryl/α,β-unsaturated/α-hetero) is 1. The zero-order valence-electron chi connectivity index (χ0n) is 12.4. The van der Waals surface area contributed by atoms with E-state index in [-0.39, 0.29) is 23.4 Å². The standard InChI is InChI=1S/C14H17F3N2O2S/c1-8(2)13(9(3)20)19-11(21)7-22-12-5-4-10(6-18-12)14(15,16)17/h4-6,8,13H,7H2,1-3H3,(H,19,21). The van der Waals surface area contributed by atoms with E-state index in [0.717, 1.165) is 24.0 Å². The highest BCUT2D eigenvalue weighted by Gasteiger charge is 2.30. The van der Waals surface area contributed by atoms with E-state index in [0.29, 0.717) is 5.03 Å². The smallest absolute Gasteiger partial charge is 0.345 e. The number of amides is 1. The van der Waals surface area contributed by atoms with Gasteiger partial charge in [0.1, 0.15) is 0 Å². The van der Waals surface area contributed by atoms with Crippen molar-refractivity contribution < 1.29 is 22.8 Å². The van der Waals surface area contributed by atoms with Crippen molar-refractivity contribution in [2.75, 3.05) is 5.75 Å². The summed E-state index contributed by atoms with van der Waals surface area (Å²) in [5, 5.41) is 2.92. The topological polar surface area (TPSA) is 59.1 Å². The molecule has 1 amide bonds. The van der Waals surface area contributed by atoms with E-state index in [1.54, 1.807) is 0 Å². The van der Waals surface area contributed by atoms with E-state index >= 15 is 0 Å². The molecule has 1 heterocycles. The molecule has 1 aromatic rings. The van der Waals surface area contributed by atoms with Crippen LogP contribution >= 0.6 is 11.8 Å². The van der Waals surface area contributed by atoms with Crippen molar-refractivity contribution in [1.82, 2.24) is 10.3 Å². The predicted octanol–water partition coefficient (Wildman–Crippen LogP) is 2.92. The Morgan fingerprint density at radius 3 is 2.36 bits per heavy atom. The van der Waals surface area contributed by atoms with Crippen LogP contribution in [0.3, 0.4) is 0 Å². The largest absolute Gasteiger partial charge is 0.417 e. The van der Waals surface area contributed by atoms with E-state index in [1.807, 2.05) is 13.8 Å². The van der Waals surface area contributed by atoms with Gasteiger partial charge in [-0.05, 0) is 25.0 Å². The number of hydrogen-bond acceptors (Lipinski definition) is 4. The van der Waals surface area contributed by atoms with Gasteiger partial charge in [-0.25, -0.2) is 4.98 Å². The van der Waals surface area contributed by atoms with Gasteiger partial charge >= 0.3 is 6.18 Å². The number of hydrogen-bond donors (Lipinski definition) is 1. The maximum atomic E-state index is 12.4. The SMILES string of the molecule is CC(=O)C(NC(=O)CSc1ccc(C(F)(F)F)cn1)C(C)C. The van der Waals surface area contributed by atoms with Crippen LogP contribution in [0.5, 0.6) is 0 Å². The van der Waals surface area contributed by atoms with Crippen molar-refractivity contribution in [2.45, 2.75) is 38.0 Å². The molecule has 22 heavy (non-hydrogen) atoms. The molecular formula is C14H17F3N2O2S. The minimum absolute atomic E-state index is 0.0190. The fourth-order valence-corrected chi connectivity index (χ4v) is 2.38. The molecule has 122 valence electrons. The summed E-state index contributed by atoms with van der Waals surface area (Å²) in [7, 11) is 0. The molecule has 0 bridgehead atoms. The Morgan fingerprint density at radius 1 is 1.32 bits per heavy atom. The summed E-state index contributed by atoms with van der Waals surface area (Å²) in [5.41, 5.74) is -0.835. The second-order valence-electron chi connectivity index (χ2n) is 5.07. The van der Waals surface area contributed by atoms with Gasteiger partial charge in [-0.1, -0.05) is 25.6 Å². The maximum Gasteiger partial charge on any atom is 0.417 e. The first-order valence-electron chi connectivity index (χ1n) is 6.57. The van der Waals surface area contributed by atoms with Crippen molar-refractivity contribution in [3.05, 3.63) is 23.9 Å². The highest BCUT2D eigenvalue weighted by molar-refractivity contribution is 7.99. The summed E-state index contributed by atoms with van der Waals surface area (Å²) < 4.78 is 37.2. The van der Waals surface area contributed by atoms with Crippen LogP contribution in [-0.4, -0.2) is 28.5 Å². The molecule has 1 atom stereocenters. The summed E-state index contributed by atoms with van der Waals surface area (Å²) in [6.45, 7) is 5.03. The summed E-state index contributed by atoms with van der Waals surface area (Å²) in [5.74, 6) is -0.549. The Morgan fingerprint density at radius 2 is 1.95 bits per heavy atom. The number of nitrogens with zero attached hydrogens (tertiary/aromatic N) is 1. The third-order valence-electron chi connectivity index (χ3n) is 2.84. The van der Waals surface area contributed by atoms with Crippen LogP contribution < -0.4 is 5.32 Å². The number of aromatic nitrogens is 1. The van der Waals surface area contributed by atoms with Gasteiger partial charge in [0, 0.05) is 6.20 Å². The maximum absolute atomic E-state index is 12.4. The van der Waals surface area contributed by atoms with E-state index in [1.165, 1.54) is 13.0 Å². The van der Waals surface area contributed by atoms with Gasteiger partial charge in [0.25, 0.3) is 0 Å². The number of nitrogens with one attached hydrogen (secondary N) is 1. The van der Waals surface area contributed by atoms with Gasteiger partial charge in [-0.3, -0.25) is 9.59 Å². The molecule has 1 unspecified atom stereocenters. The number of alkyl halides is 3. The molecule has 0 aromatic carbocycles. The Bertz CT molecular complexity index is 530. The van der Waals surface area contributed by atoms with Crippen molar-refractivity contribution in [2.24, 2.45) is 5.92 Å². The fourth-order valence-electron chi connectivity index (χ4n) is 1.73.